The number of hydrogen-bond acceptors (Lipinski definition) is 5. The number of aliphatic hydroxyl groups excluding tert-OH is 1. The number of pyridine rings is 1. The van der Waals surface area contributed by atoms with E-state index < -0.39 is 6.10 Å². The molecule has 7 heteroatoms. The molecule has 7 nitrogen and oxygen atoms in total. The molecule has 1 aromatic heterocycles. The number of carbonyl (C=O) groups excluding carboxylic acids is 2. The third kappa shape index (κ3) is 6.24. The average molecular weight is 500 g/mol. The second kappa shape index (κ2) is 11.8. The molecule has 2 aromatic carbocycles. The van der Waals surface area contributed by atoms with E-state index in [1.165, 1.54) is 0 Å². The first-order valence-corrected chi connectivity index (χ1v) is 12.5. The number of fused-ring (bicyclic) bond motifs is 1. The Kier molecular flexibility index (Phi) is 8.36. The first kappa shape index (κ1) is 26.1. The summed E-state index contributed by atoms with van der Waals surface area (Å²) in [5.41, 5.74) is 2.73. The molecule has 1 aliphatic rings. The molecule has 3 atom stereocenters. The molecule has 4 rings (SSSR count). The quantitative estimate of drug-likeness (QED) is 0.526. The van der Waals surface area contributed by atoms with Crippen LogP contribution < -0.4 is 4.74 Å². The minimum atomic E-state index is -0.406. The first-order chi connectivity index (χ1) is 17.9. The predicted molar refractivity (Wildman–Crippen MR) is 144 cm³/mol. The van der Waals surface area contributed by atoms with Crippen LogP contribution in [0, 0.1) is 5.92 Å². The van der Waals surface area contributed by atoms with Crippen LogP contribution in [0.15, 0.2) is 72.9 Å². The maximum atomic E-state index is 13.6. The monoisotopic (exact) mass is 499 g/mol. The molecule has 2 heterocycles. The van der Waals surface area contributed by atoms with Gasteiger partial charge in [-0.25, -0.2) is 4.98 Å². The summed E-state index contributed by atoms with van der Waals surface area (Å²) in [4.78, 5) is 34.4. The molecular weight excluding hydrogens is 466 g/mol. The van der Waals surface area contributed by atoms with Crippen LogP contribution >= 0.6 is 0 Å². The Morgan fingerprint density at radius 2 is 1.78 bits per heavy atom. The summed E-state index contributed by atoms with van der Waals surface area (Å²) >= 11 is 0. The number of benzene rings is 2. The minimum absolute atomic E-state index is 0.107. The second-order valence-electron chi connectivity index (χ2n) is 9.54. The maximum Gasteiger partial charge on any atom is 0.259 e. The van der Waals surface area contributed by atoms with Crippen LogP contribution in [-0.2, 0) is 0 Å². The third-order valence-corrected chi connectivity index (χ3v) is 6.63. The molecule has 1 N–H and O–H groups in total. The number of hydrogen-bond donors (Lipinski definition) is 1. The van der Waals surface area contributed by atoms with Crippen LogP contribution in [0.3, 0.4) is 0 Å². The van der Waals surface area contributed by atoms with E-state index in [4.69, 9.17) is 4.74 Å². The van der Waals surface area contributed by atoms with Crippen molar-refractivity contribution in [1.29, 1.82) is 0 Å². The number of nitrogens with zero attached hydrogens (tertiary/aromatic N) is 3. The fraction of sp³-hybridized carbons (Fsp3) is 0.300. The van der Waals surface area contributed by atoms with Gasteiger partial charge in [-0.2, -0.15) is 0 Å². The Morgan fingerprint density at radius 1 is 1.14 bits per heavy atom. The summed E-state index contributed by atoms with van der Waals surface area (Å²) in [7, 11) is 1.75. The van der Waals surface area contributed by atoms with Gasteiger partial charge in [0.2, 0.25) is 5.88 Å². The highest BCUT2D eigenvalue weighted by molar-refractivity contribution is 5.97. The molecule has 3 aromatic rings. The fourth-order valence-corrected chi connectivity index (χ4v) is 4.34. The molecule has 0 bridgehead atoms. The predicted octanol–water partition coefficient (Wildman–Crippen LogP) is 4.24. The number of carbonyl (C=O) groups is 2. The van der Waals surface area contributed by atoms with E-state index >= 15 is 0 Å². The normalized spacial score (nSPS) is 18.5. The number of aromatic nitrogens is 1. The molecule has 37 heavy (non-hydrogen) atoms. The van der Waals surface area contributed by atoms with Gasteiger partial charge in [0.05, 0.1) is 19.2 Å². The SMILES string of the molecule is C[C@@H]1CN([C@H](C)CO)C(=O)c2cc(/C=C/c3ccccc3)cnc2O[C@@H]1CN(C)C(=O)c1ccccc1. The van der Waals surface area contributed by atoms with E-state index in [-0.39, 0.29) is 36.3 Å². The van der Waals surface area contributed by atoms with Gasteiger partial charge in [0.25, 0.3) is 11.8 Å². The van der Waals surface area contributed by atoms with Crippen LogP contribution in [0.4, 0.5) is 0 Å². The lowest BCUT2D eigenvalue weighted by molar-refractivity contribution is 0.0313. The Hall–Kier alpha value is -3.97. The Labute approximate surface area is 218 Å². The van der Waals surface area contributed by atoms with Crippen LogP contribution in [0.1, 0.15) is 45.7 Å². The van der Waals surface area contributed by atoms with Gasteiger partial charge in [0.15, 0.2) is 0 Å². The first-order valence-electron chi connectivity index (χ1n) is 12.5. The highest BCUT2D eigenvalue weighted by Gasteiger charge is 2.34. The van der Waals surface area contributed by atoms with Crippen LogP contribution in [0.25, 0.3) is 12.2 Å². The van der Waals surface area contributed by atoms with Crippen molar-refractivity contribution in [3.63, 3.8) is 0 Å². The van der Waals surface area contributed by atoms with Crippen molar-refractivity contribution >= 4 is 24.0 Å². The molecule has 1 aliphatic heterocycles. The average Bonchev–Trinajstić information content (AvgIpc) is 2.94. The Morgan fingerprint density at radius 3 is 2.46 bits per heavy atom. The van der Waals surface area contributed by atoms with Gasteiger partial charge < -0.3 is 19.6 Å². The molecule has 0 fully saturated rings. The van der Waals surface area contributed by atoms with Gasteiger partial charge in [0, 0.05) is 31.3 Å². The van der Waals surface area contributed by atoms with E-state index in [0.29, 0.717) is 24.2 Å². The molecule has 2 amide bonds. The van der Waals surface area contributed by atoms with Crippen LogP contribution in [0.2, 0.25) is 0 Å². The molecule has 192 valence electrons. The largest absolute Gasteiger partial charge is 0.472 e. The van der Waals surface area contributed by atoms with E-state index in [0.717, 1.165) is 11.1 Å². The zero-order valence-electron chi connectivity index (χ0n) is 21.4. The second-order valence-corrected chi connectivity index (χ2v) is 9.54. The van der Waals surface area contributed by atoms with E-state index in [9.17, 15) is 14.7 Å². The third-order valence-electron chi connectivity index (χ3n) is 6.63. The van der Waals surface area contributed by atoms with Crippen LogP contribution in [0.5, 0.6) is 5.88 Å². The topological polar surface area (TPSA) is 83.0 Å². The molecule has 0 saturated carbocycles. The van der Waals surface area contributed by atoms with Crippen molar-refractivity contribution in [3.05, 3.63) is 95.2 Å². The summed E-state index contributed by atoms with van der Waals surface area (Å²) in [6, 6.07) is 20.4. The zero-order chi connectivity index (χ0) is 26.4. The molecule has 0 saturated heterocycles. The van der Waals surface area contributed by atoms with Gasteiger partial charge in [-0.3, -0.25) is 9.59 Å². The lowest BCUT2D eigenvalue weighted by Gasteiger charge is -2.37. The number of rotatable bonds is 7. The van der Waals surface area contributed by atoms with E-state index in [1.807, 2.05) is 74.5 Å². The zero-order valence-corrected chi connectivity index (χ0v) is 21.4. The smallest absolute Gasteiger partial charge is 0.259 e. The number of aliphatic hydroxyl groups is 1. The molecular formula is C30H33N3O4. The van der Waals surface area contributed by atoms with Gasteiger partial charge in [-0.05, 0) is 36.2 Å². The molecule has 0 aliphatic carbocycles. The molecule has 0 unspecified atom stereocenters. The highest BCUT2D eigenvalue weighted by atomic mass is 16.5. The summed E-state index contributed by atoms with van der Waals surface area (Å²) < 4.78 is 6.32. The van der Waals surface area contributed by atoms with Crippen molar-refractivity contribution in [3.8, 4) is 5.88 Å². The Balaban J connectivity index is 1.64. The van der Waals surface area contributed by atoms with Crippen molar-refractivity contribution < 1.29 is 19.4 Å². The van der Waals surface area contributed by atoms with Crippen molar-refractivity contribution in [2.24, 2.45) is 5.92 Å². The summed E-state index contributed by atoms with van der Waals surface area (Å²) in [5.74, 6) is -0.228. The standard InChI is InChI=1S/C30H33N3O4/c1-21-18-33(22(2)20-34)30(36)26-16-24(15-14-23-10-6-4-7-11-23)17-31-28(26)37-27(21)19-32(3)29(35)25-12-8-5-9-13-25/h4-17,21-22,27,34H,18-20H2,1-3H3/b15-14+/t21-,22-,27-/m1/s1. The van der Waals surface area contributed by atoms with Crippen molar-refractivity contribution in [1.82, 2.24) is 14.8 Å². The highest BCUT2D eigenvalue weighted by Crippen LogP contribution is 2.28. The van der Waals surface area contributed by atoms with Gasteiger partial charge in [0.1, 0.15) is 11.7 Å². The summed E-state index contributed by atoms with van der Waals surface area (Å²) in [6.45, 7) is 4.34. The van der Waals surface area contributed by atoms with Gasteiger partial charge >= 0.3 is 0 Å². The number of ether oxygens (including phenoxy) is 1. The van der Waals surface area contributed by atoms with Gasteiger partial charge in [-0.1, -0.05) is 67.6 Å². The fourth-order valence-electron chi connectivity index (χ4n) is 4.34. The minimum Gasteiger partial charge on any atom is -0.472 e. The number of amides is 2. The lowest BCUT2D eigenvalue weighted by Crippen LogP contribution is -2.50. The summed E-state index contributed by atoms with van der Waals surface area (Å²) in [5, 5.41) is 9.87. The van der Waals surface area contributed by atoms with Gasteiger partial charge in [-0.15, -0.1) is 0 Å². The molecule has 0 radical (unpaired) electrons. The lowest BCUT2D eigenvalue weighted by atomic mass is 9.99. The maximum absolute atomic E-state index is 13.6. The van der Waals surface area contributed by atoms with E-state index in [1.54, 1.807) is 41.2 Å². The van der Waals surface area contributed by atoms with Crippen LogP contribution in [-0.4, -0.2) is 70.6 Å². The molecule has 0 spiro atoms. The van der Waals surface area contributed by atoms with Crippen molar-refractivity contribution in [2.75, 3.05) is 26.7 Å². The van der Waals surface area contributed by atoms with Crippen molar-refractivity contribution in [2.45, 2.75) is 26.0 Å². The van der Waals surface area contributed by atoms with E-state index in [2.05, 4.69) is 4.98 Å². The summed E-state index contributed by atoms with van der Waals surface area (Å²) in [6.07, 6.45) is 5.13. The number of likely N-dealkylation sites (N-methyl/N-ethyl adjacent to an activating group) is 1. The Bertz CT molecular complexity index is 1250.